The van der Waals surface area contributed by atoms with Gasteiger partial charge in [0.1, 0.15) is 0 Å². The predicted octanol–water partition coefficient (Wildman–Crippen LogP) is 4.08. The molecule has 0 aromatic heterocycles. The van der Waals surface area contributed by atoms with Crippen LogP contribution in [0.15, 0.2) is 42.5 Å². The van der Waals surface area contributed by atoms with Crippen LogP contribution in [0.2, 0.25) is 5.02 Å². The van der Waals surface area contributed by atoms with Crippen molar-refractivity contribution in [3.8, 4) is 0 Å². The van der Waals surface area contributed by atoms with E-state index in [4.69, 9.17) is 11.6 Å². The number of anilines is 1. The first kappa shape index (κ1) is 15.8. The molecule has 0 saturated carbocycles. The van der Waals surface area contributed by atoms with Gasteiger partial charge in [-0.25, -0.2) is 0 Å². The number of carbonyl (C=O) groups excluding carboxylic acids is 2. The molecule has 1 aliphatic heterocycles. The zero-order valence-corrected chi connectivity index (χ0v) is 13.9. The van der Waals surface area contributed by atoms with Gasteiger partial charge in [-0.2, -0.15) is 0 Å². The van der Waals surface area contributed by atoms with E-state index < -0.39 is 0 Å². The lowest BCUT2D eigenvalue weighted by atomic mass is 9.95. The molecule has 0 bridgehead atoms. The van der Waals surface area contributed by atoms with E-state index in [0.717, 1.165) is 5.56 Å². The van der Waals surface area contributed by atoms with Crippen LogP contribution in [-0.2, 0) is 16.0 Å². The molecule has 1 saturated heterocycles. The maximum atomic E-state index is 12.6. The van der Waals surface area contributed by atoms with Gasteiger partial charge in [0.25, 0.3) is 0 Å². The summed E-state index contributed by atoms with van der Waals surface area (Å²) in [5.74, 6) is -0.606. The smallest absolute Gasteiger partial charge is 0.237 e. The Bertz CT molecular complexity index is 785. The van der Waals surface area contributed by atoms with Crippen molar-refractivity contribution in [3.05, 3.63) is 64.2 Å². The van der Waals surface area contributed by atoms with Gasteiger partial charge in [-0.1, -0.05) is 35.9 Å². The number of amides is 2. The van der Waals surface area contributed by atoms with Crippen LogP contribution in [0.3, 0.4) is 0 Å². The van der Waals surface area contributed by atoms with Gasteiger partial charge in [0.2, 0.25) is 11.8 Å². The minimum atomic E-state index is -0.302. The third-order valence-corrected chi connectivity index (χ3v) is 4.59. The topological polar surface area (TPSA) is 37.4 Å². The fourth-order valence-corrected chi connectivity index (χ4v) is 3.14. The number of nitrogens with zero attached hydrogens (tertiary/aromatic N) is 1. The minimum absolute atomic E-state index is 0.143. The van der Waals surface area contributed by atoms with Crippen LogP contribution in [0, 0.1) is 19.8 Å². The maximum absolute atomic E-state index is 12.6. The van der Waals surface area contributed by atoms with Crippen molar-refractivity contribution in [2.24, 2.45) is 5.92 Å². The number of hydrogen-bond donors (Lipinski definition) is 0. The highest BCUT2D eigenvalue weighted by atomic mass is 35.5. The number of hydrogen-bond acceptors (Lipinski definition) is 2. The van der Waals surface area contributed by atoms with Crippen LogP contribution in [0.5, 0.6) is 0 Å². The van der Waals surface area contributed by atoms with Gasteiger partial charge < -0.3 is 0 Å². The zero-order chi connectivity index (χ0) is 16.6. The van der Waals surface area contributed by atoms with Gasteiger partial charge in [-0.3, -0.25) is 14.5 Å². The standard InChI is InChI=1S/C19H18ClNO2/c1-12-6-7-14(8-13(12)2)9-15-10-18(22)21(19(15)23)17-5-3-4-16(20)11-17/h3-8,11,15H,9-10H2,1-2H3. The number of rotatable bonds is 3. The van der Waals surface area contributed by atoms with Crippen LogP contribution in [0.4, 0.5) is 5.69 Å². The van der Waals surface area contributed by atoms with E-state index in [1.165, 1.54) is 16.0 Å². The van der Waals surface area contributed by atoms with Crippen LogP contribution < -0.4 is 4.90 Å². The Kier molecular flexibility index (Phi) is 4.22. The van der Waals surface area contributed by atoms with Crippen molar-refractivity contribution in [2.75, 3.05) is 4.90 Å². The van der Waals surface area contributed by atoms with Crippen LogP contribution in [-0.4, -0.2) is 11.8 Å². The third kappa shape index (κ3) is 3.15. The number of imide groups is 1. The molecule has 1 atom stereocenters. The van der Waals surface area contributed by atoms with Gasteiger partial charge >= 0.3 is 0 Å². The van der Waals surface area contributed by atoms with E-state index in [9.17, 15) is 9.59 Å². The van der Waals surface area contributed by atoms with Crippen LogP contribution >= 0.6 is 11.6 Å². The first-order valence-electron chi connectivity index (χ1n) is 7.64. The normalized spacial score (nSPS) is 17.9. The van der Waals surface area contributed by atoms with E-state index >= 15 is 0 Å². The molecule has 0 aliphatic carbocycles. The van der Waals surface area contributed by atoms with E-state index in [-0.39, 0.29) is 24.2 Å². The molecule has 2 amide bonds. The van der Waals surface area contributed by atoms with E-state index in [0.29, 0.717) is 17.1 Å². The molecule has 3 nitrogen and oxygen atoms in total. The second-order valence-corrected chi connectivity index (χ2v) is 6.51. The number of benzene rings is 2. The monoisotopic (exact) mass is 327 g/mol. The molecule has 0 N–H and O–H groups in total. The summed E-state index contributed by atoms with van der Waals surface area (Å²) < 4.78 is 0. The Morgan fingerprint density at radius 2 is 1.87 bits per heavy atom. The highest BCUT2D eigenvalue weighted by molar-refractivity contribution is 6.31. The second-order valence-electron chi connectivity index (χ2n) is 6.07. The summed E-state index contributed by atoms with van der Waals surface area (Å²) in [5.41, 5.74) is 4.07. The van der Waals surface area contributed by atoms with Crippen LogP contribution in [0.25, 0.3) is 0 Å². The fraction of sp³-hybridized carbons (Fsp3) is 0.263. The largest absolute Gasteiger partial charge is 0.274 e. The molecule has 0 radical (unpaired) electrons. The molecule has 3 rings (SSSR count). The number of carbonyl (C=O) groups is 2. The summed E-state index contributed by atoms with van der Waals surface area (Å²) >= 11 is 5.97. The second kappa shape index (κ2) is 6.17. The third-order valence-electron chi connectivity index (χ3n) is 4.36. The molecule has 118 valence electrons. The Morgan fingerprint density at radius 3 is 2.57 bits per heavy atom. The van der Waals surface area contributed by atoms with Crippen molar-refractivity contribution in [1.82, 2.24) is 0 Å². The lowest BCUT2D eigenvalue weighted by Gasteiger charge is -2.15. The summed E-state index contributed by atoms with van der Waals surface area (Å²) in [4.78, 5) is 26.2. The first-order chi connectivity index (χ1) is 11.0. The number of aryl methyl sites for hydroxylation is 2. The lowest BCUT2D eigenvalue weighted by Crippen LogP contribution is -2.30. The predicted molar refractivity (Wildman–Crippen MR) is 91.7 cm³/mol. The SMILES string of the molecule is Cc1ccc(CC2CC(=O)N(c3cccc(Cl)c3)C2=O)cc1C. The average Bonchev–Trinajstić information content (AvgIpc) is 2.77. The lowest BCUT2D eigenvalue weighted by molar-refractivity contribution is -0.122. The van der Waals surface area contributed by atoms with Crippen molar-refractivity contribution < 1.29 is 9.59 Å². The van der Waals surface area contributed by atoms with Gasteiger partial charge in [0.05, 0.1) is 11.6 Å². The summed E-state index contributed by atoms with van der Waals surface area (Å²) in [7, 11) is 0. The maximum Gasteiger partial charge on any atom is 0.237 e. The highest BCUT2D eigenvalue weighted by Crippen LogP contribution is 2.30. The fourth-order valence-electron chi connectivity index (χ4n) is 2.96. The van der Waals surface area contributed by atoms with Gasteiger partial charge in [-0.15, -0.1) is 0 Å². The molecule has 1 aliphatic rings. The summed E-state index contributed by atoms with van der Waals surface area (Å²) in [5, 5.41) is 0.515. The zero-order valence-electron chi connectivity index (χ0n) is 13.2. The van der Waals surface area contributed by atoms with Gasteiger partial charge in [-0.05, 0) is 55.2 Å². The summed E-state index contributed by atoms with van der Waals surface area (Å²) in [6.45, 7) is 4.11. The van der Waals surface area contributed by atoms with Crippen molar-refractivity contribution in [2.45, 2.75) is 26.7 Å². The van der Waals surface area contributed by atoms with E-state index in [1.54, 1.807) is 24.3 Å². The molecule has 23 heavy (non-hydrogen) atoms. The van der Waals surface area contributed by atoms with Gasteiger partial charge in [0.15, 0.2) is 0 Å². The van der Waals surface area contributed by atoms with Crippen molar-refractivity contribution in [1.29, 1.82) is 0 Å². The van der Waals surface area contributed by atoms with Crippen molar-refractivity contribution >= 4 is 29.1 Å². The molecule has 1 heterocycles. The van der Waals surface area contributed by atoms with Crippen LogP contribution in [0.1, 0.15) is 23.1 Å². The summed E-state index contributed by atoms with van der Waals surface area (Å²) in [6.07, 6.45) is 0.834. The highest BCUT2D eigenvalue weighted by Gasteiger charge is 2.39. The summed E-state index contributed by atoms with van der Waals surface area (Å²) in [6, 6.07) is 13.0. The average molecular weight is 328 g/mol. The Balaban J connectivity index is 1.82. The van der Waals surface area contributed by atoms with E-state index in [2.05, 4.69) is 26.0 Å². The van der Waals surface area contributed by atoms with Crippen molar-refractivity contribution in [3.63, 3.8) is 0 Å². The molecule has 1 unspecified atom stereocenters. The minimum Gasteiger partial charge on any atom is -0.274 e. The first-order valence-corrected chi connectivity index (χ1v) is 8.02. The Morgan fingerprint density at radius 1 is 1.09 bits per heavy atom. The van der Waals surface area contributed by atoms with Gasteiger partial charge in [0, 0.05) is 11.4 Å². The Hall–Kier alpha value is -2.13. The molecule has 2 aromatic rings. The quantitative estimate of drug-likeness (QED) is 0.797. The molecule has 0 spiro atoms. The molecule has 4 heteroatoms. The number of halogens is 1. The Labute approximate surface area is 140 Å². The molecular formula is C19H18ClNO2. The van der Waals surface area contributed by atoms with E-state index in [1.807, 2.05) is 6.07 Å². The molecular weight excluding hydrogens is 310 g/mol. The molecule has 1 fully saturated rings. The molecule has 2 aromatic carbocycles.